The van der Waals surface area contributed by atoms with Crippen LogP contribution in [0.1, 0.15) is 18.9 Å². The summed E-state index contributed by atoms with van der Waals surface area (Å²) in [4.78, 5) is 4.25. The summed E-state index contributed by atoms with van der Waals surface area (Å²) in [5, 5.41) is 3.24. The molecule has 0 atom stereocenters. The van der Waals surface area contributed by atoms with Gasteiger partial charge < -0.3 is 14.8 Å². The van der Waals surface area contributed by atoms with E-state index >= 15 is 0 Å². The Bertz CT molecular complexity index is 526. The van der Waals surface area contributed by atoms with Gasteiger partial charge in [-0.3, -0.25) is 0 Å². The van der Waals surface area contributed by atoms with Gasteiger partial charge >= 0.3 is 0 Å². The van der Waals surface area contributed by atoms with E-state index in [4.69, 9.17) is 9.47 Å². The van der Waals surface area contributed by atoms with Crippen molar-refractivity contribution in [2.24, 2.45) is 0 Å². The molecule has 4 heteroatoms. The van der Waals surface area contributed by atoms with Gasteiger partial charge in [-0.15, -0.1) is 0 Å². The monoisotopic (exact) mass is 272 g/mol. The predicted molar refractivity (Wildman–Crippen MR) is 80.3 cm³/mol. The highest BCUT2D eigenvalue weighted by Gasteiger charge is 1.99. The van der Waals surface area contributed by atoms with Gasteiger partial charge in [0.1, 0.15) is 23.9 Å². The van der Waals surface area contributed by atoms with Crippen LogP contribution >= 0.6 is 0 Å². The summed E-state index contributed by atoms with van der Waals surface area (Å²) in [6.07, 6.45) is 2.82. The van der Waals surface area contributed by atoms with Crippen LogP contribution in [-0.2, 0) is 6.61 Å². The van der Waals surface area contributed by atoms with E-state index < -0.39 is 0 Å². The van der Waals surface area contributed by atoms with Gasteiger partial charge in [0.05, 0.1) is 7.11 Å². The van der Waals surface area contributed by atoms with Gasteiger partial charge in [-0.2, -0.15) is 0 Å². The van der Waals surface area contributed by atoms with Crippen LogP contribution in [0.2, 0.25) is 0 Å². The molecule has 4 nitrogen and oxygen atoms in total. The van der Waals surface area contributed by atoms with Gasteiger partial charge in [0.15, 0.2) is 0 Å². The van der Waals surface area contributed by atoms with Crippen LogP contribution in [0, 0.1) is 0 Å². The molecule has 106 valence electrons. The Morgan fingerprint density at radius 3 is 2.60 bits per heavy atom. The van der Waals surface area contributed by atoms with Crippen LogP contribution in [0.4, 0.5) is 5.82 Å². The molecule has 1 aromatic heterocycles. The zero-order chi connectivity index (χ0) is 14.2. The smallest absolute Gasteiger partial charge is 0.129 e. The lowest BCUT2D eigenvalue weighted by molar-refractivity contribution is 0.306. The Morgan fingerprint density at radius 2 is 1.90 bits per heavy atom. The number of aromatic nitrogens is 1. The summed E-state index contributed by atoms with van der Waals surface area (Å²) in [5.41, 5.74) is 1.10. The largest absolute Gasteiger partial charge is 0.497 e. The molecule has 1 heterocycles. The van der Waals surface area contributed by atoms with Gasteiger partial charge in [0.2, 0.25) is 0 Å². The molecule has 0 radical (unpaired) electrons. The van der Waals surface area contributed by atoms with Gasteiger partial charge in [-0.25, -0.2) is 4.98 Å². The van der Waals surface area contributed by atoms with E-state index in [0.717, 1.165) is 35.8 Å². The molecule has 2 aromatic rings. The molecule has 0 unspecified atom stereocenters. The lowest BCUT2D eigenvalue weighted by Crippen LogP contribution is -2.02. The van der Waals surface area contributed by atoms with E-state index in [2.05, 4.69) is 17.2 Å². The van der Waals surface area contributed by atoms with Crippen LogP contribution in [0.15, 0.2) is 42.6 Å². The fourth-order valence-corrected chi connectivity index (χ4v) is 1.74. The van der Waals surface area contributed by atoms with Crippen molar-refractivity contribution in [2.45, 2.75) is 20.0 Å². The number of nitrogens with zero attached hydrogens (tertiary/aromatic N) is 1. The van der Waals surface area contributed by atoms with Crippen LogP contribution in [-0.4, -0.2) is 18.6 Å². The molecular formula is C16H20N2O2. The van der Waals surface area contributed by atoms with Crippen molar-refractivity contribution < 1.29 is 9.47 Å². The van der Waals surface area contributed by atoms with E-state index in [1.54, 1.807) is 13.3 Å². The molecule has 0 aliphatic rings. The Hall–Kier alpha value is -2.23. The third-order valence-electron chi connectivity index (χ3n) is 2.85. The molecular weight excluding hydrogens is 252 g/mol. The highest BCUT2D eigenvalue weighted by Crippen LogP contribution is 2.17. The summed E-state index contributed by atoms with van der Waals surface area (Å²) in [5.74, 6) is 2.51. The van der Waals surface area contributed by atoms with Crippen molar-refractivity contribution in [3.8, 4) is 11.5 Å². The van der Waals surface area contributed by atoms with Crippen molar-refractivity contribution in [3.63, 3.8) is 0 Å². The third-order valence-corrected chi connectivity index (χ3v) is 2.85. The molecule has 0 aliphatic carbocycles. The molecule has 2 rings (SSSR count). The number of ether oxygens (including phenoxy) is 2. The Labute approximate surface area is 119 Å². The molecule has 20 heavy (non-hydrogen) atoms. The third kappa shape index (κ3) is 4.16. The number of nitrogens with one attached hydrogen (secondary N) is 1. The average Bonchev–Trinajstić information content (AvgIpc) is 2.52. The minimum Gasteiger partial charge on any atom is -0.497 e. The summed E-state index contributed by atoms with van der Waals surface area (Å²) in [6, 6.07) is 11.6. The fraction of sp³-hybridized carbons (Fsp3) is 0.312. The van der Waals surface area contributed by atoms with Crippen molar-refractivity contribution in [2.75, 3.05) is 19.0 Å². The molecule has 0 saturated heterocycles. The SMILES string of the molecule is CCCNc1cc(OCc2ccc(OC)cc2)ccn1. The maximum atomic E-state index is 5.77. The molecule has 0 saturated carbocycles. The molecule has 0 amide bonds. The topological polar surface area (TPSA) is 43.4 Å². The number of hydrogen-bond acceptors (Lipinski definition) is 4. The molecule has 0 spiro atoms. The zero-order valence-electron chi connectivity index (χ0n) is 11.9. The Morgan fingerprint density at radius 1 is 1.10 bits per heavy atom. The lowest BCUT2D eigenvalue weighted by atomic mass is 10.2. The standard InChI is InChI=1S/C16H20N2O2/c1-3-9-17-16-11-15(8-10-18-16)20-12-13-4-6-14(19-2)7-5-13/h4-8,10-11H,3,9,12H2,1-2H3,(H,17,18). The molecule has 1 N–H and O–H groups in total. The molecule has 0 fully saturated rings. The Kier molecular flexibility index (Phi) is 5.24. The summed E-state index contributed by atoms with van der Waals surface area (Å²) >= 11 is 0. The van der Waals surface area contributed by atoms with Crippen LogP contribution < -0.4 is 14.8 Å². The average molecular weight is 272 g/mol. The first-order valence-electron chi connectivity index (χ1n) is 6.77. The van der Waals surface area contributed by atoms with Crippen molar-refractivity contribution >= 4 is 5.82 Å². The lowest BCUT2D eigenvalue weighted by Gasteiger charge is -2.09. The number of pyridine rings is 1. The van der Waals surface area contributed by atoms with E-state index in [-0.39, 0.29) is 0 Å². The first-order valence-corrected chi connectivity index (χ1v) is 6.77. The Balaban J connectivity index is 1.92. The van der Waals surface area contributed by atoms with Gasteiger partial charge in [-0.1, -0.05) is 19.1 Å². The quantitative estimate of drug-likeness (QED) is 0.838. The maximum Gasteiger partial charge on any atom is 0.129 e. The van der Waals surface area contributed by atoms with Gasteiger partial charge in [0, 0.05) is 18.8 Å². The van der Waals surface area contributed by atoms with Crippen molar-refractivity contribution in [1.82, 2.24) is 4.98 Å². The van der Waals surface area contributed by atoms with E-state index in [9.17, 15) is 0 Å². The highest BCUT2D eigenvalue weighted by atomic mass is 16.5. The molecule has 1 aromatic carbocycles. The van der Waals surface area contributed by atoms with E-state index in [1.165, 1.54) is 0 Å². The van der Waals surface area contributed by atoms with Crippen LogP contribution in [0.3, 0.4) is 0 Å². The summed E-state index contributed by atoms with van der Waals surface area (Å²) in [6.45, 7) is 3.56. The first kappa shape index (κ1) is 14.2. The number of anilines is 1. The second-order valence-electron chi connectivity index (χ2n) is 4.44. The second kappa shape index (κ2) is 7.38. The minimum atomic E-state index is 0.529. The van der Waals surface area contributed by atoms with Crippen molar-refractivity contribution in [1.29, 1.82) is 0 Å². The number of rotatable bonds is 7. The second-order valence-corrected chi connectivity index (χ2v) is 4.44. The van der Waals surface area contributed by atoms with Crippen molar-refractivity contribution in [3.05, 3.63) is 48.2 Å². The zero-order valence-corrected chi connectivity index (χ0v) is 11.9. The first-order chi connectivity index (χ1) is 9.81. The van der Waals surface area contributed by atoms with Crippen LogP contribution in [0.5, 0.6) is 11.5 Å². The highest BCUT2D eigenvalue weighted by molar-refractivity contribution is 5.40. The summed E-state index contributed by atoms with van der Waals surface area (Å²) in [7, 11) is 1.66. The molecule has 0 bridgehead atoms. The summed E-state index contributed by atoms with van der Waals surface area (Å²) < 4.78 is 10.9. The maximum absolute atomic E-state index is 5.77. The van der Waals surface area contributed by atoms with E-state index in [0.29, 0.717) is 6.61 Å². The number of benzene rings is 1. The fourth-order valence-electron chi connectivity index (χ4n) is 1.74. The van der Waals surface area contributed by atoms with Gasteiger partial charge in [0.25, 0.3) is 0 Å². The van der Waals surface area contributed by atoms with E-state index in [1.807, 2.05) is 36.4 Å². The number of hydrogen-bond donors (Lipinski definition) is 1. The van der Waals surface area contributed by atoms with Gasteiger partial charge in [-0.05, 0) is 30.2 Å². The predicted octanol–water partition coefficient (Wildman–Crippen LogP) is 3.49. The molecule has 0 aliphatic heterocycles. The minimum absolute atomic E-state index is 0.529. The normalized spacial score (nSPS) is 10.1. The van der Waals surface area contributed by atoms with Crippen LogP contribution in [0.25, 0.3) is 0 Å². The number of methoxy groups -OCH3 is 1.